The number of rotatable bonds is 4. The van der Waals surface area contributed by atoms with Gasteiger partial charge in [-0.15, -0.1) is 0 Å². The normalized spacial score (nSPS) is 12.9. The molecule has 2 N–H and O–H groups in total. The Balaban J connectivity index is 3.08. The zero-order chi connectivity index (χ0) is 10.6. The van der Waals surface area contributed by atoms with Crippen molar-refractivity contribution < 1.29 is 0 Å². The van der Waals surface area contributed by atoms with Crippen LogP contribution in [-0.4, -0.2) is 0 Å². The minimum Gasteiger partial charge on any atom is -0.324 e. The van der Waals surface area contributed by atoms with Crippen LogP contribution >= 0.6 is 0 Å². The fraction of sp³-hybridized carbons (Fsp3) is 0.538. The molecule has 0 amide bonds. The van der Waals surface area contributed by atoms with Gasteiger partial charge >= 0.3 is 0 Å². The molecule has 0 aliphatic carbocycles. The second kappa shape index (κ2) is 5.16. The Morgan fingerprint density at radius 2 is 1.86 bits per heavy atom. The Hall–Kier alpha value is -0.820. The molecule has 1 rings (SSSR count). The van der Waals surface area contributed by atoms with Crippen LogP contribution in [0.4, 0.5) is 0 Å². The molecule has 0 bridgehead atoms. The van der Waals surface area contributed by atoms with Crippen molar-refractivity contribution in [1.29, 1.82) is 0 Å². The minimum atomic E-state index is 0.205. The van der Waals surface area contributed by atoms with Crippen LogP contribution in [0.1, 0.15) is 49.9 Å². The summed E-state index contributed by atoms with van der Waals surface area (Å²) in [6.07, 6.45) is 3.18. The van der Waals surface area contributed by atoms with Crippen LogP contribution in [0, 0.1) is 0 Å². The van der Waals surface area contributed by atoms with Crippen LogP contribution < -0.4 is 5.73 Å². The van der Waals surface area contributed by atoms with Gasteiger partial charge in [0.2, 0.25) is 0 Å². The van der Waals surface area contributed by atoms with E-state index >= 15 is 0 Å². The predicted molar refractivity (Wildman–Crippen MR) is 62.4 cm³/mol. The molecule has 1 heteroatoms. The van der Waals surface area contributed by atoms with Crippen molar-refractivity contribution in [3.8, 4) is 0 Å². The molecule has 1 atom stereocenters. The zero-order valence-corrected chi connectivity index (χ0v) is 9.51. The van der Waals surface area contributed by atoms with E-state index in [0.717, 1.165) is 19.3 Å². The van der Waals surface area contributed by atoms with Crippen LogP contribution in [0.2, 0.25) is 0 Å². The Bertz CT molecular complexity index is 291. The SMILES string of the molecule is CCc1ccc(CC)c([C@H](N)CC)c1. The maximum absolute atomic E-state index is 6.09. The summed E-state index contributed by atoms with van der Waals surface area (Å²) in [5.74, 6) is 0. The smallest absolute Gasteiger partial charge is 0.0295 e. The largest absolute Gasteiger partial charge is 0.324 e. The molecular formula is C13H21N. The molecule has 0 aliphatic heterocycles. The van der Waals surface area contributed by atoms with Crippen molar-refractivity contribution in [1.82, 2.24) is 0 Å². The van der Waals surface area contributed by atoms with Gasteiger partial charge in [0, 0.05) is 6.04 Å². The molecule has 14 heavy (non-hydrogen) atoms. The first kappa shape index (κ1) is 11.3. The van der Waals surface area contributed by atoms with Crippen LogP contribution in [0.25, 0.3) is 0 Å². The molecule has 0 saturated carbocycles. The number of hydrogen-bond acceptors (Lipinski definition) is 1. The van der Waals surface area contributed by atoms with Crippen molar-refractivity contribution in [2.45, 2.75) is 46.1 Å². The summed E-state index contributed by atoms with van der Waals surface area (Å²) in [5.41, 5.74) is 10.2. The van der Waals surface area contributed by atoms with Crippen LogP contribution in [0.15, 0.2) is 18.2 Å². The van der Waals surface area contributed by atoms with Crippen molar-refractivity contribution in [3.63, 3.8) is 0 Å². The molecule has 0 unspecified atom stereocenters. The van der Waals surface area contributed by atoms with E-state index in [1.807, 2.05) is 0 Å². The molecule has 78 valence electrons. The molecule has 0 radical (unpaired) electrons. The highest BCUT2D eigenvalue weighted by Crippen LogP contribution is 2.21. The van der Waals surface area contributed by atoms with E-state index in [9.17, 15) is 0 Å². The fourth-order valence-electron chi connectivity index (χ4n) is 1.75. The van der Waals surface area contributed by atoms with E-state index in [1.54, 1.807) is 0 Å². The van der Waals surface area contributed by atoms with E-state index < -0.39 is 0 Å². The van der Waals surface area contributed by atoms with Crippen molar-refractivity contribution in [2.75, 3.05) is 0 Å². The van der Waals surface area contributed by atoms with Gasteiger partial charge in [-0.05, 0) is 36.0 Å². The van der Waals surface area contributed by atoms with Gasteiger partial charge in [0.15, 0.2) is 0 Å². The van der Waals surface area contributed by atoms with E-state index in [0.29, 0.717) is 0 Å². The first-order chi connectivity index (χ1) is 6.72. The van der Waals surface area contributed by atoms with Crippen molar-refractivity contribution in [3.05, 3.63) is 34.9 Å². The highest BCUT2D eigenvalue weighted by atomic mass is 14.6. The fourth-order valence-corrected chi connectivity index (χ4v) is 1.75. The quantitative estimate of drug-likeness (QED) is 0.777. The monoisotopic (exact) mass is 191 g/mol. The maximum atomic E-state index is 6.09. The number of nitrogens with two attached hydrogens (primary N) is 1. The van der Waals surface area contributed by atoms with Gasteiger partial charge in [-0.1, -0.05) is 39.0 Å². The summed E-state index contributed by atoms with van der Waals surface area (Å²) in [5, 5.41) is 0. The Morgan fingerprint density at radius 1 is 1.14 bits per heavy atom. The Kier molecular flexibility index (Phi) is 4.15. The number of hydrogen-bond donors (Lipinski definition) is 1. The van der Waals surface area contributed by atoms with E-state index in [2.05, 4.69) is 39.0 Å². The topological polar surface area (TPSA) is 26.0 Å². The maximum Gasteiger partial charge on any atom is 0.0295 e. The van der Waals surface area contributed by atoms with Crippen molar-refractivity contribution >= 4 is 0 Å². The van der Waals surface area contributed by atoms with Gasteiger partial charge in [0.05, 0.1) is 0 Å². The summed E-state index contributed by atoms with van der Waals surface area (Å²) in [4.78, 5) is 0. The molecule has 0 aliphatic rings. The molecular weight excluding hydrogens is 170 g/mol. The molecule has 0 fully saturated rings. The van der Waals surface area contributed by atoms with Gasteiger partial charge in [-0.2, -0.15) is 0 Å². The molecule has 0 saturated heterocycles. The van der Waals surface area contributed by atoms with Crippen molar-refractivity contribution in [2.24, 2.45) is 5.73 Å². The molecule has 0 heterocycles. The Labute approximate surface area is 87.3 Å². The highest BCUT2D eigenvalue weighted by Gasteiger charge is 2.08. The minimum absolute atomic E-state index is 0.205. The molecule has 1 aromatic rings. The van der Waals surface area contributed by atoms with Crippen LogP contribution in [0.3, 0.4) is 0 Å². The van der Waals surface area contributed by atoms with E-state index in [4.69, 9.17) is 5.73 Å². The van der Waals surface area contributed by atoms with E-state index in [1.165, 1.54) is 16.7 Å². The van der Waals surface area contributed by atoms with Gasteiger partial charge < -0.3 is 5.73 Å². The summed E-state index contributed by atoms with van der Waals surface area (Å²) in [7, 11) is 0. The standard InChI is InChI=1S/C13H21N/c1-4-10-7-8-11(5-2)12(9-10)13(14)6-3/h7-9,13H,4-6,14H2,1-3H3/t13-/m1/s1. The summed E-state index contributed by atoms with van der Waals surface area (Å²) in [6.45, 7) is 6.51. The van der Waals surface area contributed by atoms with Gasteiger partial charge in [-0.3, -0.25) is 0 Å². The lowest BCUT2D eigenvalue weighted by Gasteiger charge is -2.15. The molecule has 0 spiro atoms. The molecule has 1 aromatic carbocycles. The lowest BCUT2D eigenvalue weighted by atomic mass is 9.94. The molecule has 1 nitrogen and oxygen atoms in total. The number of benzene rings is 1. The summed E-state index contributed by atoms with van der Waals surface area (Å²) >= 11 is 0. The first-order valence-corrected chi connectivity index (χ1v) is 5.60. The van der Waals surface area contributed by atoms with E-state index in [-0.39, 0.29) is 6.04 Å². The first-order valence-electron chi connectivity index (χ1n) is 5.60. The zero-order valence-electron chi connectivity index (χ0n) is 9.51. The number of aryl methyl sites for hydroxylation is 2. The second-order valence-corrected chi connectivity index (χ2v) is 3.76. The third-order valence-electron chi connectivity index (χ3n) is 2.84. The van der Waals surface area contributed by atoms with Crippen LogP contribution in [0.5, 0.6) is 0 Å². The third-order valence-corrected chi connectivity index (χ3v) is 2.84. The summed E-state index contributed by atoms with van der Waals surface area (Å²) < 4.78 is 0. The average Bonchev–Trinajstić information content (AvgIpc) is 2.27. The average molecular weight is 191 g/mol. The highest BCUT2D eigenvalue weighted by molar-refractivity contribution is 5.34. The van der Waals surface area contributed by atoms with Gasteiger partial charge in [-0.25, -0.2) is 0 Å². The van der Waals surface area contributed by atoms with Crippen LogP contribution in [-0.2, 0) is 12.8 Å². The summed E-state index contributed by atoms with van der Waals surface area (Å²) in [6, 6.07) is 6.91. The third kappa shape index (κ3) is 2.36. The lowest BCUT2D eigenvalue weighted by molar-refractivity contribution is 0.688. The Morgan fingerprint density at radius 3 is 2.36 bits per heavy atom. The predicted octanol–water partition coefficient (Wildman–Crippen LogP) is 3.22. The van der Waals surface area contributed by atoms with Gasteiger partial charge in [0.1, 0.15) is 0 Å². The lowest BCUT2D eigenvalue weighted by Crippen LogP contribution is -2.11. The molecule has 0 aromatic heterocycles. The second-order valence-electron chi connectivity index (χ2n) is 3.76. The van der Waals surface area contributed by atoms with Gasteiger partial charge in [0.25, 0.3) is 0 Å².